The number of aromatic nitrogens is 1. The van der Waals surface area contributed by atoms with Crippen molar-refractivity contribution >= 4 is 5.97 Å². The molecule has 0 amide bonds. The van der Waals surface area contributed by atoms with Gasteiger partial charge in [-0.1, -0.05) is 6.08 Å². The summed E-state index contributed by atoms with van der Waals surface area (Å²) in [5.74, 6) is -3.27. The Morgan fingerprint density at radius 3 is 2.81 bits per heavy atom. The summed E-state index contributed by atoms with van der Waals surface area (Å²) in [6.45, 7) is 3.66. The topological polar surface area (TPSA) is 61.6 Å². The number of alkyl halides is 1. The van der Waals surface area contributed by atoms with Crippen molar-refractivity contribution < 1.29 is 27.5 Å². The van der Waals surface area contributed by atoms with Crippen molar-refractivity contribution in [2.24, 2.45) is 0 Å². The van der Waals surface area contributed by atoms with Gasteiger partial charge in [0.2, 0.25) is 11.6 Å². The molecule has 0 radical (unpaired) electrons. The lowest BCUT2D eigenvalue weighted by Crippen LogP contribution is -2.15. The number of halogens is 2. The van der Waals surface area contributed by atoms with Crippen molar-refractivity contribution in [3.63, 3.8) is 0 Å². The molecule has 0 aliphatic heterocycles. The summed E-state index contributed by atoms with van der Waals surface area (Å²) in [5, 5.41) is 0. The van der Waals surface area contributed by atoms with Crippen molar-refractivity contribution in [2.75, 3.05) is 13.2 Å². The Hall–Kier alpha value is -2.18. The average Bonchev–Trinajstić information content (AvgIpc) is 2.83. The predicted molar refractivity (Wildman–Crippen MR) is 69.6 cm³/mol. The van der Waals surface area contributed by atoms with Crippen molar-refractivity contribution in [1.29, 1.82) is 0 Å². The van der Waals surface area contributed by atoms with Gasteiger partial charge in [0.25, 0.3) is 0 Å². The van der Waals surface area contributed by atoms with E-state index in [-0.39, 0.29) is 30.7 Å². The first-order valence-corrected chi connectivity index (χ1v) is 6.57. The minimum absolute atomic E-state index is 0.138. The standard InChI is InChI=1S/C14H15F2NO4/c1-3-19-13(18)11-14(20-4-2)21-12(17-11)10-8(15)6-5-7-9(10)16/h5-8,10H,3-4H2,1-2H3. The number of hydrogen-bond acceptors (Lipinski definition) is 5. The van der Waals surface area contributed by atoms with Crippen LogP contribution in [0.5, 0.6) is 5.95 Å². The van der Waals surface area contributed by atoms with Crippen molar-refractivity contribution in [1.82, 2.24) is 4.98 Å². The molecule has 2 atom stereocenters. The molecule has 0 aromatic carbocycles. The third-order valence-electron chi connectivity index (χ3n) is 2.79. The largest absolute Gasteiger partial charge is 0.464 e. The molecule has 2 unspecified atom stereocenters. The number of allylic oxidation sites excluding steroid dienone is 4. The summed E-state index contributed by atoms with van der Waals surface area (Å²) >= 11 is 0. The van der Waals surface area contributed by atoms with E-state index in [0.29, 0.717) is 0 Å². The summed E-state index contributed by atoms with van der Waals surface area (Å²) < 4.78 is 42.8. The monoisotopic (exact) mass is 299 g/mol. The summed E-state index contributed by atoms with van der Waals surface area (Å²) in [7, 11) is 0. The van der Waals surface area contributed by atoms with E-state index in [1.807, 2.05) is 0 Å². The van der Waals surface area contributed by atoms with Crippen LogP contribution in [-0.4, -0.2) is 30.3 Å². The Bertz CT molecular complexity index is 580. The summed E-state index contributed by atoms with van der Waals surface area (Å²) in [5.41, 5.74) is -0.219. The van der Waals surface area contributed by atoms with Gasteiger partial charge in [-0.05, 0) is 26.0 Å². The van der Waals surface area contributed by atoms with Crippen LogP contribution >= 0.6 is 0 Å². The van der Waals surface area contributed by atoms with E-state index in [1.165, 1.54) is 12.2 Å². The van der Waals surface area contributed by atoms with Gasteiger partial charge in [0.05, 0.1) is 13.2 Å². The maximum Gasteiger partial charge on any atom is 0.364 e. The van der Waals surface area contributed by atoms with Crippen molar-refractivity contribution in [2.45, 2.75) is 25.9 Å². The van der Waals surface area contributed by atoms with E-state index in [9.17, 15) is 13.6 Å². The molecule has 1 heterocycles. The molecular formula is C14H15F2NO4. The van der Waals surface area contributed by atoms with Gasteiger partial charge in [0.15, 0.2) is 0 Å². The molecule has 1 aromatic rings. The zero-order valence-electron chi connectivity index (χ0n) is 11.6. The highest BCUT2D eigenvalue weighted by molar-refractivity contribution is 5.89. The van der Waals surface area contributed by atoms with Gasteiger partial charge in [0.1, 0.15) is 17.9 Å². The molecule has 0 saturated carbocycles. The van der Waals surface area contributed by atoms with Gasteiger partial charge in [-0.25, -0.2) is 18.6 Å². The molecule has 0 N–H and O–H groups in total. The highest BCUT2D eigenvalue weighted by Gasteiger charge is 2.35. The van der Waals surface area contributed by atoms with Crippen LogP contribution in [0.4, 0.5) is 8.78 Å². The molecule has 0 spiro atoms. The second-order valence-corrected chi connectivity index (χ2v) is 4.20. The van der Waals surface area contributed by atoms with Crippen LogP contribution in [0.25, 0.3) is 0 Å². The second kappa shape index (κ2) is 6.51. The van der Waals surface area contributed by atoms with Crippen LogP contribution in [-0.2, 0) is 4.74 Å². The Morgan fingerprint density at radius 2 is 2.19 bits per heavy atom. The Balaban J connectivity index is 2.37. The number of carbonyl (C=O) groups is 1. The fraction of sp³-hybridized carbons (Fsp3) is 0.429. The number of esters is 1. The van der Waals surface area contributed by atoms with Crippen LogP contribution in [0.1, 0.15) is 36.1 Å². The van der Waals surface area contributed by atoms with Gasteiger partial charge in [-0.2, -0.15) is 0 Å². The minimum Gasteiger partial charge on any atom is -0.464 e. The molecule has 7 heteroatoms. The molecule has 0 saturated heterocycles. The van der Waals surface area contributed by atoms with Gasteiger partial charge >= 0.3 is 11.9 Å². The number of ether oxygens (including phenoxy) is 2. The maximum absolute atomic E-state index is 13.8. The van der Waals surface area contributed by atoms with E-state index in [4.69, 9.17) is 13.9 Å². The van der Waals surface area contributed by atoms with Gasteiger partial charge in [-0.15, -0.1) is 0 Å². The number of carbonyl (C=O) groups excluding carboxylic acids is 1. The lowest BCUT2D eigenvalue weighted by molar-refractivity contribution is 0.0512. The highest BCUT2D eigenvalue weighted by atomic mass is 19.1. The van der Waals surface area contributed by atoms with Crippen LogP contribution in [0.3, 0.4) is 0 Å². The maximum atomic E-state index is 13.8. The van der Waals surface area contributed by atoms with Gasteiger partial charge in [0, 0.05) is 0 Å². The molecule has 1 aliphatic rings. The average molecular weight is 299 g/mol. The molecular weight excluding hydrogens is 284 g/mol. The zero-order chi connectivity index (χ0) is 15.4. The van der Waals surface area contributed by atoms with E-state index in [2.05, 4.69) is 4.98 Å². The quantitative estimate of drug-likeness (QED) is 0.782. The SMILES string of the molecule is CCOC(=O)c1nc(C2C(F)=CC=CC2F)oc1OCC. The smallest absolute Gasteiger partial charge is 0.364 e. The van der Waals surface area contributed by atoms with Gasteiger partial charge in [-0.3, -0.25) is 0 Å². The molecule has 21 heavy (non-hydrogen) atoms. The fourth-order valence-corrected chi connectivity index (χ4v) is 1.89. The number of hydrogen-bond donors (Lipinski definition) is 0. The number of nitrogens with zero attached hydrogens (tertiary/aromatic N) is 1. The summed E-state index contributed by atoms with van der Waals surface area (Å²) in [4.78, 5) is 15.6. The third-order valence-corrected chi connectivity index (χ3v) is 2.79. The van der Waals surface area contributed by atoms with Crippen molar-refractivity contribution in [3.05, 3.63) is 35.6 Å². The van der Waals surface area contributed by atoms with Crippen LogP contribution in [0.15, 0.2) is 28.5 Å². The van der Waals surface area contributed by atoms with Crippen LogP contribution < -0.4 is 4.74 Å². The Kier molecular flexibility index (Phi) is 4.72. The van der Waals surface area contributed by atoms with Crippen molar-refractivity contribution in [3.8, 4) is 5.95 Å². The molecule has 1 aromatic heterocycles. The summed E-state index contributed by atoms with van der Waals surface area (Å²) in [6, 6.07) is 0. The van der Waals surface area contributed by atoms with Crippen LogP contribution in [0, 0.1) is 0 Å². The Morgan fingerprint density at radius 1 is 1.43 bits per heavy atom. The van der Waals surface area contributed by atoms with E-state index in [1.54, 1.807) is 13.8 Å². The second-order valence-electron chi connectivity index (χ2n) is 4.20. The zero-order valence-corrected chi connectivity index (χ0v) is 11.6. The minimum atomic E-state index is -1.63. The lowest BCUT2D eigenvalue weighted by Gasteiger charge is -2.15. The fourth-order valence-electron chi connectivity index (χ4n) is 1.89. The lowest BCUT2D eigenvalue weighted by atomic mass is 9.97. The highest BCUT2D eigenvalue weighted by Crippen LogP contribution is 2.36. The third kappa shape index (κ3) is 3.12. The predicted octanol–water partition coefficient (Wildman–Crippen LogP) is 3.09. The molecule has 114 valence electrons. The van der Waals surface area contributed by atoms with Gasteiger partial charge < -0.3 is 13.9 Å². The molecule has 0 bridgehead atoms. The molecule has 0 fully saturated rings. The molecule has 5 nitrogen and oxygen atoms in total. The van der Waals surface area contributed by atoms with E-state index < -0.39 is 23.9 Å². The molecule has 1 aliphatic carbocycles. The van der Waals surface area contributed by atoms with Crippen LogP contribution in [0.2, 0.25) is 0 Å². The first-order chi connectivity index (χ1) is 10.1. The normalized spacial score (nSPS) is 21.0. The molecule has 2 rings (SSSR count). The first-order valence-electron chi connectivity index (χ1n) is 6.57. The van der Waals surface area contributed by atoms with E-state index in [0.717, 1.165) is 6.08 Å². The Labute approximate surface area is 120 Å². The van der Waals surface area contributed by atoms with E-state index >= 15 is 0 Å². The first kappa shape index (κ1) is 15.2. The summed E-state index contributed by atoms with van der Waals surface area (Å²) in [6.07, 6.45) is 1.95. The number of oxazole rings is 1. The number of rotatable bonds is 5.